The third kappa shape index (κ3) is 1.21. The Morgan fingerprint density at radius 1 is 1.75 bits per heavy atom. The number of hydrogen-bond acceptors (Lipinski definition) is 4. The van der Waals surface area contributed by atoms with Crippen molar-refractivity contribution in [1.82, 2.24) is 16.2 Å². The third-order valence-corrected chi connectivity index (χ3v) is 1.51. The van der Waals surface area contributed by atoms with Gasteiger partial charge in [0.05, 0.1) is 6.42 Å². The summed E-state index contributed by atoms with van der Waals surface area (Å²) in [6, 6.07) is 0. The number of hydrogen-bond donors (Lipinski definition) is 4. The predicted molar refractivity (Wildman–Crippen MR) is 35.5 cm³/mol. The standard InChI is InChI=1S/C5H7N3O4/c9-2-6-5(4(11)12)1-3(10)7-8-5/h2,8H,1H2,(H,6,9)(H,7,10)(H,11,12). The lowest BCUT2D eigenvalue weighted by atomic mass is 10.1. The molecule has 1 saturated heterocycles. The highest BCUT2D eigenvalue weighted by atomic mass is 16.4. The van der Waals surface area contributed by atoms with Gasteiger partial charge >= 0.3 is 5.97 Å². The molecule has 1 aliphatic rings. The van der Waals surface area contributed by atoms with Gasteiger partial charge in [-0.05, 0) is 0 Å². The Balaban J connectivity index is 2.80. The predicted octanol–water partition coefficient (Wildman–Crippen LogP) is -2.46. The second-order valence-electron chi connectivity index (χ2n) is 2.32. The molecule has 7 heteroatoms. The SMILES string of the molecule is O=CNC1(C(=O)O)CC(=O)NN1. The molecule has 1 atom stereocenters. The van der Waals surface area contributed by atoms with E-state index in [4.69, 9.17) is 5.11 Å². The quantitative estimate of drug-likeness (QED) is 0.354. The highest BCUT2D eigenvalue weighted by Crippen LogP contribution is 2.09. The molecule has 1 aliphatic heterocycles. The van der Waals surface area contributed by atoms with Crippen molar-refractivity contribution in [3.63, 3.8) is 0 Å². The largest absolute Gasteiger partial charge is 0.478 e. The van der Waals surface area contributed by atoms with Crippen molar-refractivity contribution in [3.05, 3.63) is 0 Å². The lowest BCUT2D eigenvalue weighted by molar-refractivity contribution is -0.147. The second-order valence-corrected chi connectivity index (χ2v) is 2.32. The topological polar surface area (TPSA) is 108 Å². The Labute approximate surface area is 67.1 Å². The van der Waals surface area contributed by atoms with Crippen molar-refractivity contribution < 1.29 is 19.5 Å². The molecule has 1 heterocycles. The lowest BCUT2D eigenvalue weighted by Gasteiger charge is -2.20. The maximum absolute atomic E-state index is 10.6. The number of carbonyl (C=O) groups is 3. The van der Waals surface area contributed by atoms with Crippen LogP contribution in [-0.2, 0) is 14.4 Å². The van der Waals surface area contributed by atoms with E-state index in [0.29, 0.717) is 0 Å². The van der Waals surface area contributed by atoms with Gasteiger partial charge in [-0.1, -0.05) is 0 Å². The fourth-order valence-corrected chi connectivity index (χ4v) is 0.884. The van der Waals surface area contributed by atoms with E-state index in [0.717, 1.165) is 0 Å². The number of carbonyl (C=O) groups excluding carboxylic acids is 2. The van der Waals surface area contributed by atoms with E-state index < -0.39 is 17.5 Å². The smallest absolute Gasteiger partial charge is 0.346 e. The molecule has 0 aromatic heterocycles. The molecule has 2 amide bonds. The number of aliphatic carboxylic acids is 1. The van der Waals surface area contributed by atoms with E-state index in [2.05, 4.69) is 10.9 Å². The minimum atomic E-state index is -1.70. The van der Waals surface area contributed by atoms with Gasteiger partial charge in [-0.2, -0.15) is 5.43 Å². The average Bonchev–Trinajstić information content (AvgIpc) is 2.34. The van der Waals surface area contributed by atoms with Crippen molar-refractivity contribution in [2.24, 2.45) is 0 Å². The molecule has 0 radical (unpaired) electrons. The summed E-state index contributed by atoms with van der Waals surface area (Å²) in [5.41, 5.74) is 2.57. The van der Waals surface area contributed by atoms with E-state index in [1.54, 1.807) is 0 Å². The maximum Gasteiger partial charge on any atom is 0.346 e. The molecular formula is C5H7N3O4. The fraction of sp³-hybridized carbons (Fsp3) is 0.400. The molecule has 1 fully saturated rings. The van der Waals surface area contributed by atoms with Gasteiger partial charge in [0.1, 0.15) is 0 Å². The minimum Gasteiger partial charge on any atom is -0.478 e. The van der Waals surface area contributed by atoms with E-state index >= 15 is 0 Å². The molecule has 12 heavy (non-hydrogen) atoms. The molecule has 7 nitrogen and oxygen atoms in total. The Morgan fingerprint density at radius 2 is 2.42 bits per heavy atom. The van der Waals surface area contributed by atoms with Crippen LogP contribution >= 0.6 is 0 Å². The zero-order valence-corrected chi connectivity index (χ0v) is 5.96. The van der Waals surface area contributed by atoms with Gasteiger partial charge in [0.2, 0.25) is 18.0 Å². The Hall–Kier alpha value is -1.63. The molecule has 1 rings (SSSR count). The van der Waals surface area contributed by atoms with E-state index in [-0.39, 0.29) is 12.8 Å². The second kappa shape index (κ2) is 2.78. The first-order valence-corrected chi connectivity index (χ1v) is 3.11. The summed E-state index contributed by atoms with van der Waals surface area (Å²) in [7, 11) is 0. The first-order valence-electron chi connectivity index (χ1n) is 3.11. The first kappa shape index (κ1) is 8.47. The first-order chi connectivity index (χ1) is 5.60. The fourth-order valence-electron chi connectivity index (χ4n) is 0.884. The van der Waals surface area contributed by atoms with Crippen LogP contribution in [0.1, 0.15) is 6.42 Å². The van der Waals surface area contributed by atoms with Gasteiger partial charge < -0.3 is 10.4 Å². The molecule has 0 bridgehead atoms. The highest BCUT2D eigenvalue weighted by Gasteiger charge is 2.45. The van der Waals surface area contributed by atoms with Crippen molar-refractivity contribution in [2.45, 2.75) is 12.1 Å². The van der Waals surface area contributed by atoms with Gasteiger partial charge in [0.25, 0.3) is 0 Å². The lowest BCUT2D eigenvalue weighted by Crippen LogP contribution is -2.60. The van der Waals surface area contributed by atoms with Crippen LogP contribution in [0, 0.1) is 0 Å². The zero-order valence-electron chi connectivity index (χ0n) is 5.96. The Kier molecular flexibility index (Phi) is 1.96. The van der Waals surface area contributed by atoms with Crippen LogP contribution in [0.15, 0.2) is 0 Å². The van der Waals surface area contributed by atoms with Crippen LogP contribution < -0.4 is 16.2 Å². The van der Waals surface area contributed by atoms with Gasteiger partial charge in [-0.25, -0.2) is 4.79 Å². The van der Waals surface area contributed by atoms with E-state index in [1.165, 1.54) is 0 Å². The number of rotatable bonds is 3. The summed E-state index contributed by atoms with van der Waals surface area (Å²) >= 11 is 0. The highest BCUT2D eigenvalue weighted by molar-refractivity contribution is 5.91. The summed E-state index contributed by atoms with van der Waals surface area (Å²) in [4.78, 5) is 31.3. The summed E-state index contributed by atoms with van der Waals surface area (Å²) < 4.78 is 0. The van der Waals surface area contributed by atoms with Crippen LogP contribution in [0.5, 0.6) is 0 Å². The number of amides is 2. The molecule has 1 unspecified atom stereocenters. The molecular weight excluding hydrogens is 166 g/mol. The normalized spacial score (nSPS) is 27.8. The number of carboxylic acid groups (broad SMARTS) is 1. The molecule has 0 aromatic rings. The summed E-state index contributed by atoms with van der Waals surface area (Å²) in [5, 5.41) is 10.6. The van der Waals surface area contributed by atoms with Crippen LogP contribution in [-0.4, -0.2) is 29.1 Å². The zero-order chi connectivity index (χ0) is 9.19. The van der Waals surface area contributed by atoms with Gasteiger partial charge in [0, 0.05) is 0 Å². The molecule has 0 aliphatic carbocycles. The van der Waals surface area contributed by atoms with Crippen molar-refractivity contribution in [2.75, 3.05) is 0 Å². The van der Waals surface area contributed by atoms with Gasteiger partial charge in [-0.3, -0.25) is 15.0 Å². The average molecular weight is 173 g/mol. The van der Waals surface area contributed by atoms with Crippen LogP contribution in [0.4, 0.5) is 0 Å². The van der Waals surface area contributed by atoms with Crippen molar-refractivity contribution >= 4 is 18.3 Å². The third-order valence-electron chi connectivity index (χ3n) is 1.51. The summed E-state index contributed by atoms with van der Waals surface area (Å²) in [6.45, 7) is 0. The Bertz CT molecular complexity index is 241. The maximum atomic E-state index is 10.6. The van der Waals surface area contributed by atoms with Crippen molar-refractivity contribution in [1.29, 1.82) is 0 Å². The monoisotopic (exact) mass is 173 g/mol. The molecule has 0 spiro atoms. The van der Waals surface area contributed by atoms with Gasteiger partial charge in [-0.15, -0.1) is 0 Å². The summed E-state index contributed by atoms with van der Waals surface area (Å²) in [5.74, 6) is -1.79. The van der Waals surface area contributed by atoms with Crippen LogP contribution in [0.3, 0.4) is 0 Å². The van der Waals surface area contributed by atoms with E-state index in [1.807, 2.05) is 5.32 Å². The minimum absolute atomic E-state index is 0.224. The number of nitrogens with one attached hydrogen (secondary N) is 3. The van der Waals surface area contributed by atoms with Gasteiger partial charge in [0.15, 0.2) is 0 Å². The molecule has 4 N–H and O–H groups in total. The van der Waals surface area contributed by atoms with Crippen LogP contribution in [0.2, 0.25) is 0 Å². The van der Waals surface area contributed by atoms with Crippen molar-refractivity contribution in [3.8, 4) is 0 Å². The molecule has 0 saturated carbocycles. The number of hydrazine groups is 1. The Morgan fingerprint density at radius 3 is 2.75 bits per heavy atom. The number of carboxylic acids is 1. The summed E-state index contributed by atoms with van der Waals surface area (Å²) in [6.07, 6.45) is -0.0948. The molecule has 0 aromatic carbocycles. The van der Waals surface area contributed by atoms with Crippen LogP contribution in [0.25, 0.3) is 0 Å². The molecule has 66 valence electrons. The van der Waals surface area contributed by atoms with E-state index in [9.17, 15) is 14.4 Å².